The molecule has 0 fully saturated rings. The smallest absolute Gasteiger partial charge is 0.268 e. The van der Waals surface area contributed by atoms with Crippen molar-refractivity contribution in [3.8, 4) is 5.75 Å². The van der Waals surface area contributed by atoms with Gasteiger partial charge in [0.2, 0.25) is 0 Å². The van der Waals surface area contributed by atoms with E-state index in [-0.39, 0.29) is 16.7 Å². The summed E-state index contributed by atoms with van der Waals surface area (Å²) in [5.41, 5.74) is 2.82. The highest BCUT2D eigenvalue weighted by Crippen LogP contribution is 2.35. The van der Waals surface area contributed by atoms with E-state index in [0.717, 1.165) is 12.0 Å². The minimum atomic E-state index is -0.480. The Labute approximate surface area is 95.4 Å². The van der Waals surface area contributed by atoms with Crippen LogP contribution in [0.15, 0.2) is 18.2 Å². The molecule has 0 heterocycles. The normalized spacial score (nSPS) is 11.2. The Balaban J connectivity index is 3.29. The van der Waals surface area contributed by atoms with Crippen LogP contribution in [-0.4, -0.2) is 11.0 Å². The van der Waals surface area contributed by atoms with Crippen molar-refractivity contribution in [1.82, 2.24) is 5.43 Å². The van der Waals surface area contributed by atoms with Crippen LogP contribution in [0.2, 0.25) is 0 Å². The quantitative estimate of drug-likeness (QED) is 0.414. The van der Waals surface area contributed by atoms with Gasteiger partial charge in [-0.2, -0.15) is 0 Å². The van der Waals surface area contributed by atoms with E-state index in [1.807, 2.05) is 32.3 Å². The Morgan fingerprint density at radius 2 is 2.12 bits per heavy atom. The monoisotopic (exact) mass is 222 g/mol. The second kappa shape index (κ2) is 4.53. The number of carbonyl (C=O) groups excluding carboxylic acids is 1. The van der Waals surface area contributed by atoms with E-state index >= 15 is 0 Å². The van der Waals surface area contributed by atoms with E-state index in [0.29, 0.717) is 0 Å². The number of nitrogen functional groups attached to an aromatic ring is 1. The second-order valence-corrected chi connectivity index (χ2v) is 4.41. The van der Waals surface area contributed by atoms with Crippen molar-refractivity contribution in [3.05, 3.63) is 29.3 Å². The molecule has 0 aliphatic rings. The van der Waals surface area contributed by atoms with E-state index < -0.39 is 5.91 Å². The fourth-order valence-electron chi connectivity index (χ4n) is 1.54. The molecule has 0 aliphatic heterocycles. The number of benzene rings is 1. The lowest BCUT2D eigenvalue weighted by Gasteiger charge is -2.25. The molecular weight excluding hydrogens is 204 g/mol. The van der Waals surface area contributed by atoms with E-state index in [1.54, 1.807) is 12.1 Å². The van der Waals surface area contributed by atoms with Gasteiger partial charge in [0.1, 0.15) is 5.75 Å². The number of aromatic hydroxyl groups is 1. The number of amides is 1. The summed E-state index contributed by atoms with van der Waals surface area (Å²) in [6, 6.07) is 5.12. The van der Waals surface area contributed by atoms with Crippen LogP contribution in [0.3, 0.4) is 0 Å². The van der Waals surface area contributed by atoms with Crippen molar-refractivity contribution in [2.75, 3.05) is 0 Å². The predicted molar refractivity (Wildman–Crippen MR) is 63.1 cm³/mol. The summed E-state index contributed by atoms with van der Waals surface area (Å²) >= 11 is 0. The summed E-state index contributed by atoms with van der Waals surface area (Å²) in [7, 11) is 0. The lowest BCUT2D eigenvalue weighted by Crippen LogP contribution is -2.30. The molecule has 4 N–H and O–H groups in total. The summed E-state index contributed by atoms with van der Waals surface area (Å²) in [6.45, 7) is 6.08. The Kier molecular flexibility index (Phi) is 3.55. The van der Waals surface area contributed by atoms with Crippen LogP contribution in [0.5, 0.6) is 5.75 Å². The van der Waals surface area contributed by atoms with E-state index in [4.69, 9.17) is 5.84 Å². The average molecular weight is 222 g/mol. The SMILES string of the molecule is CCC(C)(C)c1cccc(C(=O)NN)c1O. The minimum Gasteiger partial charge on any atom is -0.507 e. The number of hydrogen-bond donors (Lipinski definition) is 3. The van der Waals surface area contributed by atoms with Gasteiger partial charge in [-0.05, 0) is 17.9 Å². The molecule has 16 heavy (non-hydrogen) atoms. The maximum atomic E-state index is 11.4. The molecule has 1 aromatic rings. The number of phenolic OH excluding ortho intramolecular Hbond substituents is 1. The molecule has 0 unspecified atom stereocenters. The number of nitrogens with one attached hydrogen (secondary N) is 1. The van der Waals surface area contributed by atoms with Gasteiger partial charge < -0.3 is 5.11 Å². The van der Waals surface area contributed by atoms with Gasteiger partial charge in [0.05, 0.1) is 5.56 Å². The third kappa shape index (κ3) is 2.17. The number of phenols is 1. The number of nitrogens with two attached hydrogens (primary N) is 1. The molecule has 4 heteroatoms. The highest BCUT2D eigenvalue weighted by molar-refractivity contribution is 5.96. The number of hydrogen-bond acceptors (Lipinski definition) is 3. The average Bonchev–Trinajstić information content (AvgIpc) is 2.28. The van der Waals surface area contributed by atoms with E-state index in [2.05, 4.69) is 0 Å². The van der Waals surface area contributed by atoms with Gasteiger partial charge in [0.15, 0.2) is 0 Å². The molecule has 4 nitrogen and oxygen atoms in total. The third-order valence-corrected chi connectivity index (χ3v) is 3.02. The van der Waals surface area contributed by atoms with Crippen molar-refractivity contribution in [2.24, 2.45) is 5.84 Å². The van der Waals surface area contributed by atoms with E-state index in [9.17, 15) is 9.90 Å². The molecule has 88 valence electrons. The van der Waals surface area contributed by atoms with Crippen LogP contribution >= 0.6 is 0 Å². The Bertz CT molecular complexity index is 400. The van der Waals surface area contributed by atoms with Crippen LogP contribution < -0.4 is 11.3 Å². The Hall–Kier alpha value is -1.55. The van der Waals surface area contributed by atoms with Crippen molar-refractivity contribution in [3.63, 3.8) is 0 Å². The first-order valence-electron chi connectivity index (χ1n) is 5.27. The van der Waals surface area contributed by atoms with Gasteiger partial charge in [0, 0.05) is 5.56 Å². The Morgan fingerprint density at radius 1 is 1.50 bits per heavy atom. The fourth-order valence-corrected chi connectivity index (χ4v) is 1.54. The van der Waals surface area contributed by atoms with Gasteiger partial charge in [-0.3, -0.25) is 10.2 Å². The maximum absolute atomic E-state index is 11.4. The molecule has 1 rings (SSSR count). The van der Waals surface area contributed by atoms with Crippen LogP contribution in [0.4, 0.5) is 0 Å². The number of rotatable bonds is 3. The summed E-state index contributed by atoms with van der Waals surface area (Å²) in [5, 5.41) is 10.0. The summed E-state index contributed by atoms with van der Waals surface area (Å²) in [6.07, 6.45) is 0.869. The highest BCUT2D eigenvalue weighted by atomic mass is 16.3. The van der Waals surface area contributed by atoms with Crippen molar-refractivity contribution in [1.29, 1.82) is 0 Å². The molecule has 0 aliphatic carbocycles. The molecule has 0 bridgehead atoms. The minimum absolute atomic E-state index is 0.0114. The van der Waals surface area contributed by atoms with Gasteiger partial charge in [0.25, 0.3) is 5.91 Å². The standard InChI is InChI=1S/C12H18N2O2/c1-4-12(2,3)9-7-5-6-8(10(9)15)11(16)14-13/h5-7,15H,4,13H2,1-3H3,(H,14,16). The second-order valence-electron chi connectivity index (χ2n) is 4.41. The van der Waals surface area contributed by atoms with Crippen molar-refractivity contribution >= 4 is 5.91 Å². The zero-order chi connectivity index (χ0) is 12.3. The number of para-hydroxylation sites is 1. The molecule has 1 amide bonds. The number of hydrazine groups is 1. The molecule has 0 atom stereocenters. The molecule has 0 aromatic heterocycles. The third-order valence-electron chi connectivity index (χ3n) is 3.02. The molecule has 0 radical (unpaired) electrons. The molecule has 1 aromatic carbocycles. The summed E-state index contributed by atoms with van der Waals surface area (Å²) in [4.78, 5) is 11.4. The zero-order valence-electron chi connectivity index (χ0n) is 9.87. The van der Waals surface area contributed by atoms with Crippen molar-refractivity contribution < 1.29 is 9.90 Å². The molecular formula is C12H18N2O2. The van der Waals surface area contributed by atoms with Crippen LogP contribution in [0.25, 0.3) is 0 Å². The topological polar surface area (TPSA) is 75.4 Å². The first kappa shape index (κ1) is 12.5. The van der Waals surface area contributed by atoms with Crippen LogP contribution in [-0.2, 0) is 5.41 Å². The van der Waals surface area contributed by atoms with Gasteiger partial charge >= 0.3 is 0 Å². The molecule has 0 saturated carbocycles. The van der Waals surface area contributed by atoms with E-state index in [1.165, 1.54) is 0 Å². The lowest BCUT2D eigenvalue weighted by atomic mass is 9.81. The highest BCUT2D eigenvalue weighted by Gasteiger charge is 2.24. The van der Waals surface area contributed by atoms with Crippen LogP contribution in [0.1, 0.15) is 43.1 Å². The van der Waals surface area contributed by atoms with Crippen molar-refractivity contribution in [2.45, 2.75) is 32.6 Å². The summed E-state index contributed by atoms with van der Waals surface area (Å²) < 4.78 is 0. The van der Waals surface area contributed by atoms with Gasteiger partial charge in [-0.1, -0.05) is 32.9 Å². The zero-order valence-corrected chi connectivity index (χ0v) is 9.87. The number of carbonyl (C=O) groups is 1. The van der Waals surface area contributed by atoms with Crippen LogP contribution in [0, 0.1) is 0 Å². The first-order chi connectivity index (χ1) is 7.44. The molecule has 0 saturated heterocycles. The molecule has 0 spiro atoms. The largest absolute Gasteiger partial charge is 0.507 e. The van der Waals surface area contributed by atoms with Gasteiger partial charge in [-0.25, -0.2) is 5.84 Å². The maximum Gasteiger partial charge on any atom is 0.268 e. The lowest BCUT2D eigenvalue weighted by molar-refractivity contribution is 0.0950. The Morgan fingerprint density at radius 3 is 2.62 bits per heavy atom. The fraction of sp³-hybridized carbons (Fsp3) is 0.417. The predicted octanol–water partition coefficient (Wildman–Crippen LogP) is 1.68. The first-order valence-corrected chi connectivity index (χ1v) is 5.27. The summed E-state index contributed by atoms with van der Waals surface area (Å²) in [5.74, 6) is 4.59. The van der Waals surface area contributed by atoms with Gasteiger partial charge in [-0.15, -0.1) is 0 Å².